The van der Waals surface area contributed by atoms with E-state index in [9.17, 15) is 4.79 Å². The molecule has 3 nitrogen and oxygen atoms in total. The van der Waals surface area contributed by atoms with Crippen molar-refractivity contribution in [1.82, 2.24) is 4.98 Å². The summed E-state index contributed by atoms with van der Waals surface area (Å²) in [5.41, 5.74) is 0.954. The van der Waals surface area contributed by atoms with Gasteiger partial charge in [-0.15, -0.1) is 22.7 Å². The summed E-state index contributed by atoms with van der Waals surface area (Å²) in [5, 5.41) is 4.95. The average molecular weight is 282 g/mol. The van der Waals surface area contributed by atoms with Gasteiger partial charge in [0.15, 0.2) is 5.13 Å². The number of thiazole rings is 1. The summed E-state index contributed by atoms with van der Waals surface area (Å²) in [7, 11) is 0. The van der Waals surface area contributed by atoms with E-state index >= 15 is 0 Å². The van der Waals surface area contributed by atoms with Gasteiger partial charge in [0.1, 0.15) is 0 Å². The Balaban J connectivity index is 1.88. The molecule has 1 fully saturated rings. The fourth-order valence-corrected chi connectivity index (χ4v) is 3.73. The first-order valence-electron chi connectivity index (χ1n) is 5.22. The minimum atomic E-state index is 0.122. The van der Waals surface area contributed by atoms with Gasteiger partial charge in [0.25, 0.3) is 0 Å². The van der Waals surface area contributed by atoms with Crippen LogP contribution in [0.2, 0.25) is 0 Å². The van der Waals surface area contributed by atoms with Crippen LogP contribution in [0, 0.1) is 0 Å². The van der Waals surface area contributed by atoms with Gasteiger partial charge in [-0.25, -0.2) is 4.98 Å². The van der Waals surface area contributed by atoms with Crippen molar-refractivity contribution in [2.45, 2.75) is 11.7 Å². The number of amides is 1. The molecule has 1 saturated heterocycles. The van der Waals surface area contributed by atoms with Crippen molar-refractivity contribution in [2.75, 3.05) is 11.4 Å². The summed E-state index contributed by atoms with van der Waals surface area (Å²) in [6.45, 7) is 0.666. The normalized spacial score (nSPS) is 20.2. The first-order valence-corrected chi connectivity index (χ1v) is 7.49. The lowest BCUT2D eigenvalue weighted by molar-refractivity contribution is -0.117. The molecule has 3 rings (SSSR count). The fraction of sp³-hybridized carbons (Fsp3) is 0.273. The second-order valence-corrected chi connectivity index (χ2v) is 6.37. The lowest BCUT2D eigenvalue weighted by Gasteiger charge is -2.10. The number of rotatable bonds is 2. The predicted octanol–water partition coefficient (Wildman–Crippen LogP) is 2.91. The van der Waals surface area contributed by atoms with Crippen LogP contribution < -0.4 is 4.90 Å². The highest BCUT2D eigenvalue weighted by Crippen LogP contribution is 2.32. The number of carbonyl (C=O) groups is 1. The molecule has 88 valence electrons. The molecule has 0 aromatic carbocycles. The Labute approximate surface area is 113 Å². The van der Waals surface area contributed by atoms with Crippen LogP contribution in [0.4, 0.5) is 5.13 Å². The molecule has 0 spiro atoms. The van der Waals surface area contributed by atoms with E-state index in [1.54, 1.807) is 16.2 Å². The number of anilines is 1. The third-order valence-corrected chi connectivity index (χ3v) is 4.70. The van der Waals surface area contributed by atoms with Crippen molar-refractivity contribution in [3.63, 3.8) is 0 Å². The fourth-order valence-electron chi connectivity index (χ4n) is 1.80. The van der Waals surface area contributed by atoms with E-state index in [4.69, 9.17) is 0 Å². The molecule has 0 aliphatic carbocycles. The molecule has 0 N–H and O–H groups in total. The van der Waals surface area contributed by atoms with E-state index in [2.05, 4.69) is 17.6 Å². The molecule has 1 aliphatic heterocycles. The van der Waals surface area contributed by atoms with Crippen LogP contribution in [-0.2, 0) is 4.79 Å². The van der Waals surface area contributed by atoms with Crippen LogP contribution in [0.5, 0.6) is 0 Å². The minimum absolute atomic E-state index is 0.122. The zero-order valence-corrected chi connectivity index (χ0v) is 11.4. The van der Waals surface area contributed by atoms with Gasteiger partial charge >= 0.3 is 0 Å². The Hall–Kier alpha value is -0.850. The minimum Gasteiger partial charge on any atom is -0.287 e. The molecule has 1 aliphatic rings. The summed E-state index contributed by atoms with van der Waals surface area (Å²) in [5.74, 6) is 0.122. The largest absolute Gasteiger partial charge is 0.287 e. The Morgan fingerprint density at radius 1 is 1.47 bits per heavy atom. The van der Waals surface area contributed by atoms with Crippen LogP contribution in [0.25, 0.3) is 10.6 Å². The van der Waals surface area contributed by atoms with E-state index in [1.165, 1.54) is 11.3 Å². The zero-order chi connectivity index (χ0) is 11.8. The maximum Gasteiger partial charge on any atom is 0.229 e. The Morgan fingerprint density at radius 3 is 3.00 bits per heavy atom. The number of thiol groups is 1. The van der Waals surface area contributed by atoms with Gasteiger partial charge in [0.05, 0.1) is 10.6 Å². The van der Waals surface area contributed by atoms with Crippen molar-refractivity contribution in [3.05, 3.63) is 22.9 Å². The van der Waals surface area contributed by atoms with Gasteiger partial charge < -0.3 is 0 Å². The quantitative estimate of drug-likeness (QED) is 0.859. The van der Waals surface area contributed by atoms with Gasteiger partial charge in [-0.05, 0) is 11.4 Å². The molecule has 3 heterocycles. The summed E-state index contributed by atoms with van der Waals surface area (Å²) < 4.78 is 0. The monoisotopic (exact) mass is 282 g/mol. The number of aromatic nitrogens is 1. The molecule has 17 heavy (non-hydrogen) atoms. The van der Waals surface area contributed by atoms with E-state index in [-0.39, 0.29) is 11.2 Å². The summed E-state index contributed by atoms with van der Waals surface area (Å²) in [6.07, 6.45) is 0.511. The van der Waals surface area contributed by atoms with Gasteiger partial charge in [-0.2, -0.15) is 12.6 Å². The first-order chi connectivity index (χ1) is 8.24. The molecule has 2 aromatic heterocycles. The summed E-state index contributed by atoms with van der Waals surface area (Å²) in [6, 6.07) is 4.04. The van der Waals surface area contributed by atoms with Gasteiger partial charge in [0.2, 0.25) is 5.91 Å². The highest BCUT2D eigenvalue weighted by Gasteiger charge is 2.30. The molecule has 0 bridgehead atoms. The Kier molecular flexibility index (Phi) is 2.94. The molecular weight excluding hydrogens is 272 g/mol. The summed E-state index contributed by atoms with van der Waals surface area (Å²) >= 11 is 7.52. The Bertz CT molecular complexity index is 535. The highest BCUT2D eigenvalue weighted by atomic mass is 32.1. The lowest BCUT2D eigenvalue weighted by atomic mass is 10.4. The second-order valence-electron chi connectivity index (χ2n) is 3.85. The van der Waals surface area contributed by atoms with Crippen molar-refractivity contribution in [3.8, 4) is 10.6 Å². The predicted molar refractivity (Wildman–Crippen MR) is 75.2 cm³/mol. The van der Waals surface area contributed by atoms with E-state index in [0.29, 0.717) is 13.0 Å². The summed E-state index contributed by atoms with van der Waals surface area (Å²) in [4.78, 5) is 19.1. The molecule has 1 amide bonds. The zero-order valence-electron chi connectivity index (χ0n) is 8.87. The maximum absolute atomic E-state index is 11.7. The number of carbonyl (C=O) groups excluding carboxylic acids is 1. The number of hydrogen-bond donors (Lipinski definition) is 1. The molecule has 6 heteroatoms. The van der Waals surface area contributed by atoms with Crippen molar-refractivity contribution in [2.24, 2.45) is 0 Å². The third kappa shape index (κ3) is 2.12. The van der Waals surface area contributed by atoms with Crippen LogP contribution in [-0.4, -0.2) is 22.7 Å². The van der Waals surface area contributed by atoms with E-state index < -0.39 is 0 Å². The average Bonchev–Trinajstić information content (AvgIpc) is 2.97. The number of hydrogen-bond acceptors (Lipinski definition) is 5. The first kappa shape index (κ1) is 11.3. The number of nitrogens with zero attached hydrogens (tertiary/aromatic N) is 2. The van der Waals surface area contributed by atoms with E-state index in [0.717, 1.165) is 15.7 Å². The molecule has 1 atom stereocenters. The molecule has 0 radical (unpaired) electrons. The lowest BCUT2D eigenvalue weighted by Crippen LogP contribution is -2.24. The van der Waals surface area contributed by atoms with Crippen LogP contribution >= 0.6 is 35.3 Å². The highest BCUT2D eigenvalue weighted by molar-refractivity contribution is 7.81. The Morgan fingerprint density at radius 2 is 2.35 bits per heavy atom. The van der Waals surface area contributed by atoms with Crippen molar-refractivity contribution < 1.29 is 4.79 Å². The second kappa shape index (κ2) is 4.44. The van der Waals surface area contributed by atoms with Crippen LogP contribution in [0.3, 0.4) is 0 Å². The van der Waals surface area contributed by atoms with Crippen molar-refractivity contribution >= 4 is 46.3 Å². The van der Waals surface area contributed by atoms with Gasteiger partial charge in [0, 0.05) is 23.6 Å². The number of thiophene rings is 1. The van der Waals surface area contributed by atoms with Gasteiger partial charge in [-0.1, -0.05) is 6.07 Å². The maximum atomic E-state index is 11.7. The topological polar surface area (TPSA) is 33.2 Å². The molecule has 1 unspecified atom stereocenters. The standard InChI is InChI=1S/C11H10N2OS3/c14-10-4-7(15)5-13(10)11-12-8(6-17-11)9-2-1-3-16-9/h1-3,6-7,15H,4-5H2. The van der Waals surface area contributed by atoms with Crippen LogP contribution in [0.15, 0.2) is 22.9 Å². The van der Waals surface area contributed by atoms with Crippen LogP contribution in [0.1, 0.15) is 6.42 Å². The molecule has 0 saturated carbocycles. The SMILES string of the molecule is O=C1CC(S)CN1c1nc(-c2cccs2)cs1. The molecular formula is C11H10N2OS3. The van der Waals surface area contributed by atoms with Gasteiger partial charge in [-0.3, -0.25) is 9.69 Å². The van der Waals surface area contributed by atoms with E-state index in [1.807, 2.05) is 22.9 Å². The third-order valence-electron chi connectivity index (χ3n) is 2.60. The molecule has 2 aromatic rings. The van der Waals surface area contributed by atoms with Crippen molar-refractivity contribution in [1.29, 1.82) is 0 Å². The smallest absolute Gasteiger partial charge is 0.229 e.